The van der Waals surface area contributed by atoms with Gasteiger partial charge in [-0.05, 0) is 12.1 Å². The first kappa shape index (κ1) is 17.3. The van der Waals surface area contributed by atoms with Crippen LogP contribution in [0.2, 0.25) is 0 Å². The maximum Gasteiger partial charge on any atom is 0.248 e. The summed E-state index contributed by atoms with van der Waals surface area (Å²) in [7, 11) is 1.49. The fraction of sp³-hybridized carbons (Fsp3) is 0.429. The summed E-state index contributed by atoms with van der Waals surface area (Å²) >= 11 is 0. The summed E-state index contributed by atoms with van der Waals surface area (Å²) in [6.07, 6.45) is -3.80. The average Bonchev–Trinajstić information content (AvgIpc) is 2.51. The molecule has 0 spiro atoms. The first-order valence-corrected chi connectivity index (χ1v) is 6.34. The van der Waals surface area contributed by atoms with Crippen LogP contribution in [0.3, 0.4) is 0 Å². The predicted molar refractivity (Wildman–Crippen MR) is 75.3 cm³/mol. The van der Waals surface area contributed by atoms with Crippen LogP contribution < -0.4 is 4.74 Å². The molecule has 0 fully saturated rings. The van der Waals surface area contributed by atoms with Gasteiger partial charge in [0.05, 0.1) is 26.2 Å². The van der Waals surface area contributed by atoms with Crippen LogP contribution in [-0.2, 0) is 4.79 Å². The van der Waals surface area contributed by atoms with Crippen LogP contribution in [0.1, 0.15) is 12.0 Å². The summed E-state index contributed by atoms with van der Waals surface area (Å²) in [6, 6.07) is 6.94. The van der Waals surface area contributed by atoms with Gasteiger partial charge in [-0.15, -0.1) is 0 Å². The number of aliphatic hydroxyl groups is 4. The highest BCUT2D eigenvalue weighted by molar-refractivity contribution is 5.93. The molecule has 0 aromatic heterocycles. The van der Waals surface area contributed by atoms with Crippen molar-refractivity contribution in [2.24, 2.45) is 4.99 Å². The fourth-order valence-electron chi connectivity index (χ4n) is 1.63. The molecule has 21 heavy (non-hydrogen) atoms. The standard InChI is InChI=1S/C14H19NO6/c1-21-12-5-3-2-4-9(12)7-15-13(19)6-10(17)14(20)11(18)8-16/h2-5,7,10-11,14,16-18,20H,6,8H2,1H3/t10-,11-,14+/m1/s1. The van der Waals surface area contributed by atoms with E-state index in [1.165, 1.54) is 13.3 Å². The van der Waals surface area contributed by atoms with Crippen LogP contribution >= 0.6 is 0 Å². The molecule has 0 unspecified atom stereocenters. The van der Waals surface area contributed by atoms with Gasteiger partial charge < -0.3 is 25.2 Å². The van der Waals surface area contributed by atoms with Gasteiger partial charge in [0, 0.05) is 11.8 Å². The van der Waals surface area contributed by atoms with Gasteiger partial charge in [-0.3, -0.25) is 4.79 Å². The lowest BCUT2D eigenvalue weighted by Crippen LogP contribution is -2.40. The van der Waals surface area contributed by atoms with E-state index in [1.807, 2.05) is 0 Å². The Morgan fingerprint density at radius 2 is 1.95 bits per heavy atom. The number of hydrogen-bond donors (Lipinski definition) is 4. The minimum absolute atomic E-state index is 0.468. The van der Waals surface area contributed by atoms with Crippen molar-refractivity contribution in [1.82, 2.24) is 0 Å². The first-order valence-electron chi connectivity index (χ1n) is 6.34. The third kappa shape index (κ3) is 5.24. The Kier molecular flexibility index (Phi) is 6.97. The summed E-state index contributed by atoms with van der Waals surface area (Å²) in [6.45, 7) is -0.711. The van der Waals surface area contributed by atoms with Gasteiger partial charge in [0.25, 0.3) is 0 Å². The number of benzene rings is 1. The van der Waals surface area contributed by atoms with E-state index in [1.54, 1.807) is 24.3 Å². The fourth-order valence-corrected chi connectivity index (χ4v) is 1.63. The van der Waals surface area contributed by atoms with Crippen LogP contribution in [-0.4, -0.2) is 64.6 Å². The van der Waals surface area contributed by atoms with Crippen molar-refractivity contribution in [3.63, 3.8) is 0 Å². The Labute approximate surface area is 122 Å². The molecule has 7 heteroatoms. The zero-order valence-electron chi connectivity index (χ0n) is 11.6. The minimum atomic E-state index is -1.61. The van der Waals surface area contributed by atoms with E-state index in [0.29, 0.717) is 11.3 Å². The second-order valence-electron chi connectivity index (χ2n) is 4.41. The molecule has 0 radical (unpaired) electrons. The van der Waals surface area contributed by atoms with Crippen LogP contribution in [0.4, 0.5) is 0 Å². The summed E-state index contributed by atoms with van der Waals surface area (Å²) in [4.78, 5) is 15.2. The second-order valence-corrected chi connectivity index (χ2v) is 4.41. The normalized spacial score (nSPS) is 15.7. The lowest BCUT2D eigenvalue weighted by atomic mass is 10.1. The van der Waals surface area contributed by atoms with Gasteiger partial charge in [-0.1, -0.05) is 12.1 Å². The minimum Gasteiger partial charge on any atom is -0.496 e. The van der Waals surface area contributed by atoms with E-state index in [-0.39, 0.29) is 0 Å². The molecule has 116 valence electrons. The predicted octanol–water partition coefficient (Wildman–Crippen LogP) is -0.894. The molecule has 0 aliphatic heterocycles. The monoisotopic (exact) mass is 297 g/mol. The average molecular weight is 297 g/mol. The van der Waals surface area contributed by atoms with Gasteiger partial charge >= 0.3 is 0 Å². The summed E-state index contributed by atoms with van der Waals surface area (Å²) in [5.74, 6) is -0.122. The summed E-state index contributed by atoms with van der Waals surface area (Å²) in [5, 5.41) is 36.8. The van der Waals surface area contributed by atoms with Gasteiger partial charge in [0.2, 0.25) is 5.91 Å². The van der Waals surface area contributed by atoms with Crippen LogP contribution in [0.5, 0.6) is 5.75 Å². The number of aliphatic imine (C=N–C) groups is 1. The SMILES string of the molecule is COc1ccccc1C=NC(=O)C[C@@H](O)[C@H](O)[C@H](O)CO. The zero-order chi connectivity index (χ0) is 15.8. The highest BCUT2D eigenvalue weighted by atomic mass is 16.5. The van der Waals surface area contributed by atoms with Crippen LogP contribution in [0.25, 0.3) is 0 Å². The number of hydrogen-bond acceptors (Lipinski definition) is 6. The number of aliphatic hydroxyl groups excluding tert-OH is 4. The second kappa shape index (κ2) is 8.48. The van der Waals surface area contributed by atoms with Crippen molar-refractivity contribution in [2.75, 3.05) is 13.7 Å². The number of nitrogens with zero attached hydrogens (tertiary/aromatic N) is 1. The van der Waals surface area contributed by atoms with E-state index in [4.69, 9.17) is 14.9 Å². The number of ether oxygens (including phenoxy) is 1. The molecule has 0 saturated carbocycles. The van der Waals surface area contributed by atoms with Crippen molar-refractivity contribution >= 4 is 12.1 Å². The molecular formula is C14H19NO6. The van der Waals surface area contributed by atoms with E-state index in [0.717, 1.165) is 0 Å². The Morgan fingerprint density at radius 3 is 2.57 bits per heavy atom. The molecule has 0 heterocycles. The van der Waals surface area contributed by atoms with Gasteiger partial charge in [0.15, 0.2) is 0 Å². The maximum atomic E-state index is 11.6. The van der Waals surface area contributed by atoms with Gasteiger partial charge in [0.1, 0.15) is 18.0 Å². The topological polar surface area (TPSA) is 120 Å². The smallest absolute Gasteiger partial charge is 0.248 e. The number of carbonyl (C=O) groups is 1. The molecular weight excluding hydrogens is 278 g/mol. The number of para-hydroxylation sites is 1. The Hall–Kier alpha value is -1.80. The lowest BCUT2D eigenvalue weighted by Gasteiger charge is -2.20. The van der Waals surface area contributed by atoms with Crippen molar-refractivity contribution < 1.29 is 30.0 Å². The number of rotatable bonds is 7. The van der Waals surface area contributed by atoms with Crippen molar-refractivity contribution in [3.8, 4) is 5.75 Å². The summed E-state index contributed by atoms with van der Waals surface area (Å²) in [5.41, 5.74) is 0.596. The molecule has 1 aromatic carbocycles. The largest absolute Gasteiger partial charge is 0.496 e. The molecule has 0 aliphatic rings. The van der Waals surface area contributed by atoms with Gasteiger partial charge in [-0.25, -0.2) is 4.99 Å². The summed E-state index contributed by atoms with van der Waals surface area (Å²) < 4.78 is 5.09. The molecule has 1 amide bonds. The molecule has 1 rings (SSSR count). The third-order valence-corrected chi connectivity index (χ3v) is 2.85. The zero-order valence-corrected chi connectivity index (χ0v) is 11.6. The molecule has 4 N–H and O–H groups in total. The van der Waals surface area contributed by atoms with Gasteiger partial charge in [-0.2, -0.15) is 0 Å². The lowest BCUT2D eigenvalue weighted by molar-refractivity contribution is -0.124. The molecule has 7 nitrogen and oxygen atoms in total. The van der Waals surface area contributed by atoms with E-state index >= 15 is 0 Å². The van der Waals surface area contributed by atoms with Crippen LogP contribution in [0, 0.1) is 0 Å². The molecule has 3 atom stereocenters. The van der Waals surface area contributed by atoms with E-state index < -0.39 is 37.2 Å². The number of methoxy groups -OCH3 is 1. The van der Waals surface area contributed by atoms with Crippen molar-refractivity contribution in [2.45, 2.75) is 24.7 Å². The van der Waals surface area contributed by atoms with Crippen LogP contribution in [0.15, 0.2) is 29.3 Å². The van der Waals surface area contributed by atoms with E-state index in [2.05, 4.69) is 4.99 Å². The Morgan fingerprint density at radius 1 is 1.29 bits per heavy atom. The van der Waals surface area contributed by atoms with Crippen molar-refractivity contribution in [3.05, 3.63) is 29.8 Å². The van der Waals surface area contributed by atoms with E-state index in [9.17, 15) is 15.0 Å². The third-order valence-electron chi connectivity index (χ3n) is 2.85. The highest BCUT2D eigenvalue weighted by Gasteiger charge is 2.25. The molecule has 0 bridgehead atoms. The molecule has 1 aromatic rings. The molecule has 0 aliphatic carbocycles. The molecule has 0 saturated heterocycles. The quantitative estimate of drug-likeness (QED) is 0.484. The first-order chi connectivity index (χ1) is 9.99. The number of amides is 1. The number of carbonyl (C=O) groups excluding carboxylic acids is 1. The Balaban J connectivity index is 2.63. The van der Waals surface area contributed by atoms with Crippen molar-refractivity contribution in [1.29, 1.82) is 0 Å². The maximum absolute atomic E-state index is 11.6. The Bertz CT molecular complexity index is 490. The highest BCUT2D eigenvalue weighted by Crippen LogP contribution is 2.15.